The van der Waals surface area contributed by atoms with E-state index < -0.39 is 40.5 Å². The van der Waals surface area contributed by atoms with E-state index in [1.807, 2.05) is 45.0 Å². The van der Waals surface area contributed by atoms with Crippen LogP contribution in [0.1, 0.15) is 80.0 Å². The van der Waals surface area contributed by atoms with Crippen molar-refractivity contribution in [1.29, 1.82) is 10.5 Å². The van der Waals surface area contributed by atoms with Gasteiger partial charge in [0.2, 0.25) is 11.8 Å². The maximum Gasteiger partial charge on any atom is 0.418 e. The zero-order valence-corrected chi connectivity index (χ0v) is 32.2. The van der Waals surface area contributed by atoms with Crippen LogP contribution < -0.4 is 21.3 Å². The molecule has 2 atom stereocenters. The van der Waals surface area contributed by atoms with Gasteiger partial charge in [0.25, 0.3) is 11.8 Å². The lowest BCUT2D eigenvalue weighted by atomic mass is 9.80. The van der Waals surface area contributed by atoms with Gasteiger partial charge in [-0.1, -0.05) is 46.1 Å². The summed E-state index contributed by atoms with van der Waals surface area (Å²) in [5.74, 6) is -0.788. The molecular weight excluding hydrogens is 725 g/mol. The number of fused-ring (bicyclic) bond motifs is 2. The monoisotopic (exact) mass is 770 g/mol. The number of methoxy groups -OCH3 is 1. The van der Waals surface area contributed by atoms with Crippen LogP contribution in [-0.4, -0.2) is 80.0 Å². The van der Waals surface area contributed by atoms with Crippen LogP contribution in [0.2, 0.25) is 0 Å². The molecule has 290 valence electrons. The molecule has 0 bridgehead atoms. The zero-order valence-electron chi connectivity index (χ0n) is 31.3. The third kappa shape index (κ3) is 10.4. The van der Waals surface area contributed by atoms with Crippen LogP contribution in [0.25, 0.3) is 21.8 Å². The number of aromatic nitrogens is 2. The van der Waals surface area contributed by atoms with Crippen LogP contribution in [0.5, 0.6) is 0 Å². The minimum absolute atomic E-state index is 0.0846. The number of hydrogen-bond donors (Lipinski definition) is 4. The first kappa shape index (κ1) is 41.8. The smallest absolute Gasteiger partial charge is 0.418 e. The fourth-order valence-corrected chi connectivity index (χ4v) is 7.29. The maximum atomic E-state index is 13.0. The van der Waals surface area contributed by atoms with Gasteiger partial charge >= 0.3 is 6.09 Å². The second kappa shape index (κ2) is 19.4. The lowest BCUT2D eigenvalue weighted by Gasteiger charge is -2.36. The Morgan fingerprint density at radius 3 is 2.16 bits per heavy atom. The number of nitrogens with zero attached hydrogens (tertiary/aromatic N) is 4. The molecule has 0 saturated heterocycles. The molecule has 2 aromatic heterocycles. The summed E-state index contributed by atoms with van der Waals surface area (Å²) in [6.45, 7) is 5.52. The predicted molar refractivity (Wildman–Crippen MR) is 207 cm³/mol. The van der Waals surface area contributed by atoms with Gasteiger partial charge in [-0.2, -0.15) is 10.5 Å². The van der Waals surface area contributed by atoms with E-state index in [1.54, 1.807) is 52.8 Å². The number of amides is 4. The molecule has 2 aromatic carbocycles. The van der Waals surface area contributed by atoms with Crippen molar-refractivity contribution in [1.82, 2.24) is 29.8 Å². The quantitative estimate of drug-likeness (QED) is 0.151. The van der Waals surface area contributed by atoms with Crippen molar-refractivity contribution in [2.24, 2.45) is 5.92 Å². The van der Waals surface area contributed by atoms with Crippen LogP contribution in [0.15, 0.2) is 60.9 Å². The van der Waals surface area contributed by atoms with Crippen LogP contribution in [0.4, 0.5) is 4.79 Å². The van der Waals surface area contributed by atoms with Crippen molar-refractivity contribution in [3.63, 3.8) is 0 Å². The molecule has 55 heavy (non-hydrogen) atoms. The van der Waals surface area contributed by atoms with Gasteiger partial charge in [-0.3, -0.25) is 27.7 Å². The van der Waals surface area contributed by atoms with E-state index in [1.165, 1.54) is 11.7 Å². The second-order valence-corrected chi connectivity index (χ2v) is 15.0. The normalized spacial score (nSPS) is 14.3. The number of ether oxygens (including phenoxy) is 1. The first-order valence-electron chi connectivity index (χ1n) is 18.0. The molecule has 1 aliphatic carbocycles. The fraction of sp³-hybridized carbons (Fsp3) is 0.410. The number of benzene rings is 2. The van der Waals surface area contributed by atoms with Crippen LogP contribution >= 0.6 is 0 Å². The first-order valence-corrected chi connectivity index (χ1v) is 19.3. The van der Waals surface area contributed by atoms with Gasteiger partial charge in [-0.15, -0.1) is 0 Å². The molecule has 4 N–H and O–H groups in total. The first-order chi connectivity index (χ1) is 26.4. The predicted octanol–water partition coefficient (Wildman–Crippen LogP) is 4.29. The van der Waals surface area contributed by atoms with Gasteiger partial charge in [0.15, 0.2) is 0 Å². The van der Waals surface area contributed by atoms with Crippen molar-refractivity contribution >= 4 is 62.5 Å². The van der Waals surface area contributed by atoms with Gasteiger partial charge in [0.05, 0.1) is 30.3 Å². The Bertz CT molecular complexity index is 2150. The summed E-state index contributed by atoms with van der Waals surface area (Å²) >= 11 is 0. The molecule has 2 heterocycles. The van der Waals surface area contributed by atoms with Crippen molar-refractivity contribution in [2.45, 2.75) is 70.9 Å². The Hall–Kier alpha value is -6.00. The summed E-state index contributed by atoms with van der Waals surface area (Å²) in [7, 11) is 0.103. The Morgan fingerprint density at radius 1 is 0.855 bits per heavy atom. The number of hydrogen-bond acceptors (Lipinski definition) is 9. The highest BCUT2D eigenvalue weighted by atomic mass is 32.2. The van der Waals surface area contributed by atoms with E-state index in [2.05, 4.69) is 21.3 Å². The van der Waals surface area contributed by atoms with Crippen molar-refractivity contribution in [3.05, 3.63) is 72.1 Å². The third-order valence-electron chi connectivity index (χ3n) is 9.20. The summed E-state index contributed by atoms with van der Waals surface area (Å²) in [6.07, 6.45) is 7.06. The summed E-state index contributed by atoms with van der Waals surface area (Å²) in [5, 5.41) is 29.7. The number of nitrogens with one attached hydrogen (secondary N) is 4. The van der Waals surface area contributed by atoms with Gasteiger partial charge in [-0.05, 0) is 67.6 Å². The molecule has 0 spiro atoms. The molecule has 4 aromatic rings. The molecule has 0 aliphatic heterocycles. The minimum Gasteiger partial charge on any atom is -0.452 e. The average molecular weight is 771 g/mol. The van der Waals surface area contributed by atoms with Crippen LogP contribution in [-0.2, 0) is 25.3 Å². The van der Waals surface area contributed by atoms with Gasteiger partial charge < -0.3 is 26.0 Å². The summed E-state index contributed by atoms with van der Waals surface area (Å²) in [4.78, 5) is 62.2. The molecule has 2 unspecified atom stereocenters. The molecular formula is C39H46N8O7S. The number of carbonyl (C=O) groups excluding carboxylic acids is 5. The Morgan fingerprint density at radius 2 is 1.51 bits per heavy atom. The number of carbonyl (C=O) groups is 5. The Balaban J connectivity index is 0.000000245. The van der Waals surface area contributed by atoms with Crippen LogP contribution in [0, 0.1) is 28.6 Å². The molecule has 1 fully saturated rings. The maximum absolute atomic E-state index is 13.0. The Labute approximate surface area is 321 Å². The second-order valence-electron chi connectivity index (χ2n) is 13.4. The van der Waals surface area contributed by atoms with E-state index in [-0.39, 0.29) is 30.8 Å². The number of nitriles is 2. The van der Waals surface area contributed by atoms with E-state index >= 15 is 0 Å². The lowest BCUT2D eigenvalue weighted by molar-refractivity contribution is -0.128. The summed E-state index contributed by atoms with van der Waals surface area (Å²) in [6, 6.07) is 16.7. The molecule has 1 saturated carbocycles. The van der Waals surface area contributed by atoms with E-state index in [0.717, 1.165) is 30.2 Å². The van der Waals surface area contributed by atoms with E-state index in [0.29, 0.717) is 47.0 Å². The molecule has 4 amide bonds. The van der Waals surface area contributed by atoms with E-state index in [4.69, 9.17) is 15.3 Å². The Kier molecular flexibility index (Phi) is 14.7. The molecule has 16 heteroatoms. The van der Waals surface area contributed by atoms with Crippen LogP contribution in [0.3, 0.4) is 0 Å². The lowest BCUT2D eigenvalue weighted by Crippen LogP contribution is -2.59. The zero-order chi connectivity index (χ0) is 40.1. The molecule has 1 aliphatic rings. The third-order valence-corrected chi connectivity index (χ3v) is 10.5. The summed E-state index contributed by atoms with van der Waals surface area (Å²) < 4.78 is 19.9. The minimum atomic E-state index is -1.19. The molecule has 0 radical (unpaired) electrons. The highest BCUT2D eigenvalue weighted by Crippen LogP contribution is 2.29. The number of rotatable bonds is 12. The van der Waals surface area contributed by atoms with Crippen molar-refractivity contribution in [2.75, 3.05) is 26.0 Å². The largest absolute Gasteiger partial charge is 0.452 e. The highest BCUT2D eigenvalue weighted by molar-refractivity contribution is 7.83. The van der Waals surface area contributed by atoms with Gasteiger partial charge in [-0.25, -0.2) is 9.00 Å². The van der Waals surface area contributed by atoms with Crippen molar-refractivity contribution in [3.8, 4) is 12.1 Å². The van der Waals surface area contributed by atoms with Gasteiger partial charge in [0, 0.05) is 40.0 Å². The highest BCUT2D eigenvalue weighted by Gasteiger charge is 2.41. The SMILES string of the molecule is CCS(=O)n1ccc2ccc(C(=O)NC3(C(=O)NCC#N)CCCCC3)cc21.COC(=O)n1ccc2cc(C(=O)NC(CC(C)C)C(=O)NCC#N)ccc21. The molecule has 15 nitrogen and oxygen atoms in total. The van der Waals surface area contributed by atoms with E-state index in [9.17, 15) is 28.2 Å². The standard InChI is InChI=1S/C20H24N4O3S.C19H22N4O4/c1-2-28(27)24-13-8-15-6-7-16(14-17(15)24)18(25)23-20(9-4-3-5-10-20)19(26)22-12-11-21;1-12(2)10-15(18(25)21-8-7-20)22-17(24)14-4-5-16-13(11-14)6-9-23(16)19(26)27-3/h6-8,13-14H,2-5,9-10,12H2,1H3,(H,22,26)(H,23,25);4-6,9,11-12,15H,8,10H2,1-3H3,(H,21,25)(H,22,24). The van der Waals surface area contributed by atoms with Gasteiger partial charge in [0.1, 0.15) is 35.7 Å². The average Bonchev–Trinajstić information content (AvgIpc) is 3.82. The van der Waals surface area contributed by atoms with Crippen molar-refractivity contribution < 1.29 is 32.9 Å². The molecule has 5 rings (SSSR count). The topological polar surface area (TPSA) is 217 Å². The fourth-order valence-electron chi connectivity index (χ4n) is 6.44. The summed E-state index contributed by atoms with van der Waals surface area (Å²) in [5.41, 5.74) is 1.13.